The monoisotopic (exact) mass is 480 g/mol. The molecular weight excluding hydrogens is 450 g/mol. The SMILES string of the molecule is CC.Cc1nc2nc(Cl)nc(N3CCN(C(c4ccc(F)c(Cl)c4)C(C)C)CC3C)c2[nH]1. The van der Waals surface area contributed by atoms with Crippen molar-refractivity contribution in [2.45, 2.75) is 53.6 Å². The van der Waals surface area contributed by atoms with Crippen LogP contribution < -0.4 is 4.90 Å². The third kappa shape index (κ3) is 5.00. The van der Waals surface area contributed by atoms with Gasteiger partial charge in [0.15, 0.2) is 11.5 Å². The Morgan fingerprint density at radius 1 is 1.12 bits per heavy atom. The molecule has 2 atom stereocenters. The van der Waals surface area contributed by atoms with E-state index in [0.29, 0.717) is 11.6 Å². The number of rotatable bonds is 4. The van der Waals surface area contributed by atoms with Gasteiger partial charge in [-0.3, -0.25) is 4.90 Å². The maximum atomic E-state index is 13.7. The highest BCUT2D eigenvalue weighted by Crippen LogP contribution is 2.34. The molecule has 1 N–H and O–H groups in total. The van der Waals surface area contributed by atoms with Gasteiger partial charge in [-0.25, -0.2) is 9.37 Å². The van der Waals surface area contributed by atoms with E-state index >= 15 is 0 Å². The minimum atomic E-state index is -0.388. The van der Waals surface area contributed by atoms with Gasteiger partial charge in [-0.1, -0.05) is 45.4 Å². The van der Waals surface area contributed by atoms with Crippen LogP contribution in [0.2, 0.25) is 10.3 Å². The number of nitrogens with zero attached hydrogens (tertiary/aromatic N) is 5. The van der Waals surface area contributed by atoms with Crippen LogP contribution in [-0.4, -0.2) is 50.5 Å². The summed E-state index contributed by atoms with van der Waals surface area (Å²) in [6, 6.07) is 5.38. The molecule has 0 saturated carbocycles. The zero-order valence-corrected chi connectivity index (χ0v) is 21.0. The lowest BCUT2D eigenvalue weighted by atomic mass is 9.93. The molecule has 3 heterocycles. The number of imidazole rings is 1. The van der Waals surface area contributed by atoms with Gasteiger partial charge in [-0.15, -0.1) is 0 Å². The average molecular weight is 481 g/mol. The van der Waals surface area contributed by atoms with Crippen LogP contribution in [0.15, 0.2) is 18.2 Å². The molecule has 1 aromatic carbocycles. The summed E-state index contributed by atoms with van der Waals surface area (Å²) in [5, 5.41) is 0.358. The normalized spacial score (nSPS) is 18.1. The fourth-order valence-electron chi connectivity index (χ4n) is 4.45. The smallest absolute Gasteiger partial charge is 0.226 e. The van der Waals surface area contributed by atoms with Crippen molar-refractivity contribution in [2.75, 3.05) is 24.5 Å². The lowest BCUT2D eigenvalue weighted by molar-refractivity contribution is 0.129. The molecule has 1 aliphatic heterocycles. The standard InChI is InChI=1S/C21H25Cl2FN6.C2H6/c1-11(2)18(14-5-6-16(24)15(22)9-14)29-7-8-30(12(3)10-29)20-17-19(26-13(4)25-17)27-21(23)28-20;1-2/h5-6,9,11-12,18H,7-8,10H2,1-4H3,(H,25,26,27,28);1-2H3. The number of piperazine rings is 1. The lowest BCUT2D eigenvalue weighted by Crippen LogP contribution is -2.54. The predicted octanol–water partition coefficient (Wildman–Crippen LogP) is 6.04. The van der Waals surface area contributed by atoms with Crippen LogP contribution in [0.3, 0.4) is 0 Å². The van der Waals surface area contributed by atoms with Crippen molar-refractivity contribution in [3.63, 3.8) is 0 Å². The maximum absolute atomic E-state index is 13.7. The quantitative estimate of drug-likeness (QED) is 0.461. The largest absolute Gasteiger partial charge is 0.349 e. The van der Waals surface area contributed by atoms with Crippen molar-refractivity contribution >= 4 is 40.2 Å². The van der Waals surface area contributed by atoms with E-state index in [9.17, 15) is 4.39 Å². The Bertz CT molecular complexity index is 1070. The van der Waals surface area contributed by atoms with Gasteiger partial charge in [-0.05, 0) is 49.1 Å². The summed E-state index contributed by atoms with van der Waals surface area (Å²) in [6.07, 6.45) is 0. The third-order valence-corrected chi connectivity index (χ3v) is 6.12. The first-order valence-corrected chi connectivity index (χ1v) is 11.9. The van der Waals surface area contributed by atoms with Gasteiger partial charge in [0, 0.05) is 31.7 Å². The van der Waals surface area contributed by atoms with Gasteiger partial charge in [0.2, 0.25) is 5.28 Å². The number of H-pyrrole nitrogens is 1. The van der Waals surface area contributed by atoms with E-state index in [-0.39, 0.29) is 28.2 Å². The number of benzene rings is 1. The topological polar surface area (TPSA) is 60.9 Å². The molecule has 9 heteroatoms. The molecule has 6 nitrogen and oxygen atoms in total. The molecule has 4 rings (SSSR count). The first-order valence-electron chi connectivity index (χ1n) is 11.1. The van der Waals surface area contributed by atoms with Crippen LogP contribution >= 0.6 is 23.2 Å². The number of hydrogen-bond acceptors (Lipinski definition) is 5. The molecule has 0 amide bonds. The molecule has 174 valence electrons. The Morgan fingerprint density at radius 3 is 2.47 bits per heavy atom. The zero-order chi connectivity index (χ0) is 23.6. The van der Waals surface area contributed by atoms with E-state index in [1.807, 2.05) is 26.8 Å². The number of aromatic amines is 1. The number of halogens is 3. The highest BCUT2D eigenvalue weighted by atomic mass is 35.5. The molecular formula is C23H31Cl2FN6. The van der Waals surface area contributed by atoms with Crippen LogP contribution in [0, 0.1) is 18.7 Å². The Kier molecular flexibility index (Phi) is 7.96. The van der Waals surface area contributed by atoms with Crippen molar-refractivity contribution < 1.29 is 4.39 Å². The van der Waals surface area contributed by atoms with Crippen LogP contribution in [0.4, 0.5) is 10.2 Å². The average Bonchev–Trinajstić information content (AvgIpc) is 3.11. The van der Waals surface area contributed by atoms with Crippen molar-refractivity contribution in [1.82, 2.24) is 24.8 Å². The van der Waals surface area contributed by atoms with Crippen LogP contribution in [-0.2, 0) is 0 Å². The number of hydrogen-bond donors (Lipinski definition) is 1. The Morgan fingerprint density at radius 2 is 1.84 bits per heavy atom. The summed E-state index contributed by atoms with van der Waals surface area (Å²) >= 11 is 12.2. The molecule has 32 heavy (non-hydrogen) atoms. The predicted molar refractivity (Wildman–Crippen MR) is 130 cm³/mol. The second-order valence-electron chi connectivity index (χ2n) is 8.24. The molecule has 1 saturated heterocycles. The van der Waals surface area contributed by atoms with Crippen LogP contribution in [0.25, 0.3) is 11.2 Å². The van der Waals surface area contributed by atoms with Gasteiger partial charge in [0.1, 0.15) is 17.2 Å². The van der Waals surface area contributed by atoms with Gasteiger partial charge in [-0.2, -0.15) is 9.97 Å². The second-order valence-corrected chi connectivity index (χ2v) is 8.98. The maximum Gasteiger partial charge on any atom is 0.226 e. The Labute approximate surface area is 199 Å². The number of fused-ring (bicyclic) bond motifs is 1. The molecule has 2 aromatic heterocycles. The Hall–Kier alpha value is -1.96. The number of nitrogens with one attached hydrogen (secondary N) is 1. The van der Waals surface area contributed by atoms with Gasteiger partial charge < -0.3 is 9.88 Å². The highest BCUT2D eigenvalue weighted by Gasteiger charge is 2.33. The molecule has 0 aliphatic carbocycles. The lowest BCUT2D eigenvalue weighted by Gasteiger charge is -2.45. The highest BCUT2D eigenvalue weighted by molar-refractivity contribution is 6.30. The minimum absolute atomic E-state index is 0.149. The zero-order valence-electron chi connectivity index (χ0n) is 19.5. The molecule has 1 fully saturated rings. The third-order valence-electron chi connectivity index (χ3n) is 5.66. The van der Waals surface area contributed by atoms with Crippen molar-refractivity contribution in [1.29, 1.82) is 0 Å². The van der Waals surface area contributed by atoms with E-state index in [0.717, 1.165) is 42.4 Å². The first kappa shape index (κ1) is 24.7. The summed E-state index contributed by atoms with van der Waals surface area (Å²) in [4.78, 5) is 21.1. The van der Waals surface area contributed by atoms with E-state index in [4.69, 9.17) is 23.2 Å². The molecule has 1 aliphatic rings. The molecule has 0 spiro atoms. The molecule has 2 unspecified atom stereocenters. The van der Waals surface area contributed by atoms with Crippen molar-refractivity contribution in [3.05, 3.63) is 45.7 Å². The number of anilines is 1. The minimum Gasteiger partial charge on any atom is -0.349 e. The van der Waals surface area contributed by atoms with E-state index < -0.39 is 0 Å². The fraction of sp³-hybridized carbons (Fsp3) is 0.522. The van der Waals surface area contributed by atoms with Gasteiger partial charge >= 0.3 is 0 Å². The summed E-state index contributed by atoms with van der Waals surface area (Å²) in [6.45, 7) is 14.9. The molecule has 0 bridgehead atoms. The first-order chi connectivity index (χ1) is 15.2. The summed E-state index contributed by atoms with van der Waals surface area (Å²) < 4.78 is 13.7. The molecule has 3 aromatic rings. The van der Waals surface area contributed by atoms with Crippen LogP contribution in [0.1, 0.15) is 52.0 Å². The van der Waals surface area contributed by atoms with E-state index in [1.165, 1.54) is 6.07 Å². The summed E-state index contributed by atoms with van der Waals surface area (Å²) in [7, 11) is 0. The summed E-state index contributed by atoms with van der Waals surface area (Å²) in [5.74, 6) is 1.52. The second kappa shape index (κ2) is 10.3. The van der Waals surface area contributed by atoms with Gasteiger partial charge in [0.25, 0.3) is 0 Å². The van der Waals surface area contributed by atoms with Crippen LogP contribution in [0.5, 0.6) is 0 Å². The van der Waals surface area contributed by atoms with E-state index in [2.05, 4.69) is 50.5 Å². The van der Waals surface area contributed by atoms with Crippen molar-refractivity contribution in [2.24, 2.45) is 5.92 Å². The Balaban J connectivity index is 0.00000141. The summed E-state index contributed by atoms with van der Waals surface area (Å²) in [5.41, 5.74) is 2.43. The number of aromatic nitrogens is 4. The molecule has 0 radical (unpaired) electrons. The van der Waals surface area contributed by atoms with E-state index in [1.54, 1.807) is 6.07 Å². The van der Waals surface area contributed by atoms with Gasteiger partial charge in [0.05, 0.1) is 5.02 Å². The fourth-order valence-corrected chi connectivity index (χ4v) is 4.80. The number of aryl methyl sites for hydroxylation is 1. The van der Waals surface area contributed by atoms with Crippen molar-refractivity contribution in [3.8, 4) is 0 Å².